The molecule has 0 saturated carbocycles. The molecule has 2 rings (SSSR count). The summed E-state index contributed by atoms with van der Waals surface area (Å²) in [5.74, 6) is 0. The van der Waals surface area contributed by atoms with E-state index < -0.39 is 20.0 Å². The van der Waals surface area contributed by atoms with Gasteiger partial charge in [0.2, 0.25) is 20.0 Å². The molecule has 1 N–H and O–H groups in total. The number of nitrogens with one attached hydrogen (secondary N) is 1. The summed E-state index contributed by atoms with van der Waals surface area (Å²) in [5.41, 5.74) is 0. The molecular formula is C13H20ClN3O4S2. The molecule has 0 radical (unpaired) electrons. The summed E-state index contributed by atoms with van der Waals surface area (Å²) in [5, 5.41) is 0.479. The van der Waals surface area contributed by atoms with Gasteiger partial charge in [-0.25, -0.2) is 21.6 Å². The third-order valence-electron chi connectivity index (χ3n) is 3.64. The molecule has 0 spiro atoms. The third kappa shape index (κ3) is 5.40. The van der Waals surface area contributed by atoms with Crippen LogP contribution < -0.4 is 4.72 Å². The predicted molar refractivity (Wildman–Crippen MR) is 89.5 cm³/mol. The fraction of sp³-hybridized carbons (Fsp3) is 0.538. The monoisotopic (exact) mass is 381 g/mol. The largest absolute Gasteiger partial charge is 0.299 e. The topological polar surface area (TPSA) is 86.8 Å². The Morgan fingerprint density at radius 3 is 2.13 bits per heavy atom. The second-order valence-electron chi connectivity index (χ2n) is 5.36. The molecule has 1 heterocycles. The van der Waals surface area contributed by atoms with E-state index in [2.05, 4.69) is 4.72 Å². The number of rotatable bonds is 6. The van der Waals surface area contributed by atoms with E-state index in [1.165, 1.54) is 34.8 Å². The smallest absolute Gasteiger partial charge is 0.240 e. The summed E-state index contributed by atoms with van der Waals surface area (Å²) in [6.07, 6.45) is 1.20. The molecule has 23 heavy (non-hydrogen) atoms. The normalized spacial score (nSPS) is 18.2. The Morgan fingerprint density at radius 2 is 1.61 bits per heavy atom. The van der Waals surface area contributed by atoms with Crippen LogP contribution >= 0.6 is 11.6 Å². The molecule has 1 aromatic rings. The lowest BCUT2D eigenvalue weighted by Gasteiger charge is -2.33. The van der Waals surface area contributed by atoms with Crippen molar-refractivity contribution in [1.82, 2.24) is 13.9 Å². The van der Waals surface area contributed by atoms with Crippen molar-refractivity contribution in [3.63, 3.8) is 0 Å². The van der Waals surface area contributed by atoms with Crippen molar-refractivity contribution in [2.45, 2.75) is 4.90 Å². The first-order chi connectivity index (χ1) is 10.7. The summed E-state index contributed by atoms with van der Waals surface area (Å²) in [6, 6.07) is 5.96. The zero-order valence-electron chi connectivity index (χ0n) is 12.8. The van der Waals surface area contributed by atoms with Gasteiger partial charge in [0.15, 0.2) is 0 Å². The second-order valence-corrected chi connectivity index (χ2v) is 9.54. The highest BCUT2D eigenvalue weighted by Gasteiger charge is 2.23. The number of sulfonamides is 2. The fourth-order valence-electron chi connectivity index (χ4n) is 2.32. The SMILES string of the molecule is CS(=O)(=O)N1CCN(CCNS(=O)(=O)c2ccc(Cl)cc2)CC1. The average Bonchev–Trinajstić information content (AvgIpc) is 2.47. The minimum Gasteiger partial charge on any atom is -0.299 e. The van der Waals surface area contributed by atoms with Crippen LogP contribution in [0.5, 0.6) is 0 Å². The van der Waals surface area contributed by atoms with Crippen molar-refractivity contribution < 1.29 is 16.8 Å². The van der Waals surface area contributed by atoms with E-state index in [1.807, 2.05) is 4.90 Å². The van der Waals surface area contributed by atoms with Crippen LogP contribution in [0.4, 0.5) is 0 Å². The molecule has 0 bridgehead atoms. The minimum atomic E-state index is -3.55. The number of nitrogens with zero attached hydrogens (tertiary/aromatic N) is 2. The molecule has 0 aromatic heterocycles. The molecule has 1 fully saturated rings. The van der Waals surface area contributed by atoms with Crippen LogP contribution in [0, 0.1) is 0 Å². The van der Waals surface area contributed by atoms with Gasteiger partial charge in [0.25, 0.3) is 0 Å². The lowest BCUT2D eigenvalue weighted by atomic mass is 10.3. The van der Waals surface area contributed by atoms with Gasteiger partial charge in [-0.15, -0.1) is 0 Å². The maximum atomic E-state index is 12.1. The van der Waals surface area contributed by atoms with Crippen LogP contribution in [0.3, 0.4) is 0 Å². The Morgan fingerprint density at radius 1 is 1.04 bits per heavy atom. The van der Waals surface area contributed by atoms with Crippen LogP contribution in [0.25, 0.3) is 0 Å². The molecule has 10 heteroatoms. The highest BCUT2D eigenvalue weighted by Crippen LogP contribution is 2.13. The van der Waals surface area contributed by atoms with E-state index in [-0.39, 0.29) is 11.4 Å². The second kappa shape index (κ2) is 7.45. The number of hydrogen-bond donors (Lipinski definition) is 1. The van der Waals surface area contributed by atoms with Gasteiger partial charge in [-0.3, -0.25) is 4.90 Å². The molecule has 7 nitrogen and oxygen atoms in total. The predicted octanol–water partition coefficient (Wildman–Crippen LogP) is 0.196. The molecule has 1 aliphatic heterocycles. The van der Waals surface area contributed by atoms with E-state index >= 15 is 0 Å². The van der Waals surface area contributed by atoms with E-state index in [4.69, 9.17) is 11.6 Å². The van der Waals surface area contributed by atoms with Crippen molar-refractivity contribution in [3.8, 4) is 0 Å². The van der Waals surface area contributed by atoms with Crippen LogP contribution in [-0.4, -0.2) is 71.6 Å². The van der Waals surface area contributed by atoms with Gasteiger partial charge in [0.05, 0.1) is 11.2 Å². The molecule has 1 aliphatic rings. The lowest BCUT2D eigenvalue weighted by molar-refractivity contribution is 0.192. The quantitative estimate of drug-likeness (QED) is 0.760. The first kappa shape index (κ1) is 18.6. The summed E-state index contributed by atoms with van der Waals surface area (Å²) in [6.45, 7) is 2.85. The van der Waals surface area contributed by atoms with Gasteiger partial charge in [0.1, 0.15) is 0 Å². The Labute approximate surface area is 142 Å². The van der Waals surface area contributed by atoms with E-state index in [0.717, 1.165) is 0 Å². The Balaban J connectivity index is 1.80. The Bertz CT molecular complexity index is 727. The number of hydrogen-bond acceptors (Lipinski definition) is 5. The van der Waals surface area contributed by atoms with Crippen molar-refractivity contribution in [2.75, 3.05) is 45.5 Å². The summed E-state index contributed by atoms with van der Waals surface area (Å²) in [7, 11) is -6.70. The number of halogens is 1. The summed E-state index contributed by atoms with van der Waals surface area (Å²) in [4.78, 5) is 2.20. The van der Waals surface area contributed by atoms with Gasteiger partial charge >= 0.3 is 0 Å². The van der Waals surface area contributed by atoms with Gasteiger partial charge in [-0.1, -0.05) is 11.6 Å². The maximum absolute atomic E-state index is 12.1. The third-order valence-corrected chi connectivity index (χ3v) is 6.68. The average molecular weight is 382 g/mol. The van der Waals surface area contributed by atoms with E-state index in [9.17, 15) is 16.8 Å². The van der Waals surface area contributed by atoms with Crippen molar-refractivity contribution in [3.05, 3.63) is 29.3 Å². The first-order valence-electron chi connectivity index (χ1n) is 7.11. The van der Waals surface area contributed by atoms with Crippen LogP contribution in [-0.2, 0) is 20.0 Å². The Kier molecular flexibility index (Phi) is 6.04. The van der Waals surface area contributed by atoms with E-state index in [0.29, 0.717) is 37.7 Å². The van der Waals surface area contributed by atoms with Gasteiger partial charge in [-0.05, 0) is 24.3 Å². The van der Waals surface area contributed by atoms with Crippen molar-refractivity contribution in [2.24, 2.45) is 0 Å². The molecule has 1 saturated heterocycles. The van der Waals surface area contributed by atoms with Crippen LogP contribution in [0.2, 0.25) is 5.02 Å². The standard InChI is InChI=1S/C13H20ClN3O4S2/c1-22(18,19)17-10-8-16(9-11-17)7-6-15-23(20,21)13-4-2-12(14)3-5-13/h2-5,15H,6-11H2,1H3. The van der Waals surface area contributed by atoms with Crippen LogP contribution in [0.15, 0.2) is 29.2 Å². The molecule has 0 aliphatic carbocycles. The zero-order valence-corrected chi connectivity index (χ0v) is 15.2. The number of piperazine rings is 1. The summed E-state index contributed by atoms with van der Waals surface area (Å²) >= 11 is 5.74. The first-order valence-corrected chi connectivity index (χ1v) is 10.8. The minimum absolute atomic E-state index is 0.170. The molecular weight excluding hydrogens is 362 g/mol. The van der Waals surface area contributed by atoms with E-state index in [1.54, 1.807) is 0 Å². The Hall–Kier alpha value is -0.710. The summed E-state index contributed by atoms with van der Waals surface area (Å²) < 4.78 is 51.0. The van der Waals surface area contributed by atoms with Crippen molar-refractivity contribution >= 4 is 31.6 Å². The highest BCUT2D eigenvalue weighted by atomic mass is 35.5. The van der Waals surface area contributed by atoms with Gasteiger partial charge in [0, 0.05) is 44.3 Å². The molecule has 1 aromatic carbocycles. The van der Waals surface area contributed by atoms with Crippen molar-refractivity contribution in [1.29, 1.82) is 0 Å². The van der Waals surface area contributed by atoms with Crippen LogP contribution in [0.1, 0.15) is 0 Å². The van der Waals surface area contributed by atoms with Gasteiger partial charge in [-0.2, -0.15) is 4.31 Å². The molecule has 0 unspecified atom stereocenters. The maximum Gasteiger partial charge on any atom is 0.240 e. The fourth-order valence-corrected chi connectivity index (χ4v) is 4.29. The number of benzene rings is 1. The highest BCUT2D eigenvalue weighted by molar-refractivity contribution is 7.89. The van der Waals surface area contributed by atoms with Gasteiger partial charge < -0.3 is 0 Å². The molecule has 0 amide bonds. The lowest BCUT2D eigenvalue weighted by Crippen LogP contribution is -2.49. The molecule has 0 atom stereocenters. The molecule has 130 valence electrons. The zero-order chi connectivity index (χ0) is 17.1.